The second-order valence-corrected chi connectivity index (χ2v) is 5.01. The molecule has 5 nitrogen and oxygen atoms in total. The fraction of sp³-hybridized carbons (Fsp3) is 0.533. The lowest BCUT2D eigenvalue weighted by Gasteiger charge is -2.39. The lowest BCUT2D eigenvalue weighted by atomic mass is 9.88. The molecule has 0 N–H and O–H groups in total. The lowest BCUT2D eigenvalue weighted by molar-refractivity contribution is 0.0828. The summed E-state index contributed by atoms with van der Waals surface area (Å²) in [5, 5.41) is 0. The van der Waals surface area contributed by atoms with Crippen molar-refractivity contribution in [1.82, 2.24) is 4.90 Å². The van der Waals surface area contributed by atoms with E-state index in [-0.39, 0.29) is 18.2 Å². The Morgan fingerprint density at radius 1 is 1.20 bits per heavy atom. The molecule has 0 saturated heterocycles. The van der Waals surface area contributed by atoms with Gasteiger partial charge in [0.25, 0.3) is 0 Å². The fourth-order valence-electron chi connectivity index (χ4n) is 2.97. The topological polar surface area (TPSA) is 48.0 Å². The summed E-state index contributed by atoms with van der Waals surface area (Å²) in [6.45, 7) is 4.00. The molecule has 110 valence electrons. The van der Waals surface area contributed by atoms with Crippen molar-refractivity contribution in [2.75, 3.05) is 21.3 Å². The molecule has 2 rings (SSSR count). The van der Waals surface area contributed by atoms with Crippen LogP contribution in [-0.4, -0.2) is 38.4 Å². The molecule has 1 amide bonds. The summed E-state index contributed by atoms with van der Waals surface area (Å²) in [6, 6.07) is 3.84. The van der Waals surface area contributed by atoms with E-state index in [9.17, 15) is 4.79 Å². The van der Waals surface area contributed by atoms with Crippen molar-refractivity contribution in [3.8, 4) is 11.5 Å². The van der Waals surface area contributed by atoms with E-state index in [1.807, 2.05) is 26.0 Å². The summed E-state index contributed by atoms with van der Waals surface area (Å²) in [6.07, 6.45) is 0.441. The molecule has 5 heteroatoms. The third-order valence-corrected chi connectivity index (χ3v) is 3.87. The van der Waals surface area contributed by atoms with Crippen molar-refractivity contribution in [1.29, 1.82) is 0 Å². The number of hydrogen-bond donors (Lipinski definition) is 0. The standard InChI is InChI=1S/C15H21NO4/c1-9-6-11-7-12(18-3)8-13(19-4)14(11)10(2)16(9)15(17)20-5/h7-10H,6H2,1-5H3/t9-,10+/m0/s1. The van der Waals surface area contributed by atoms with Gasteiger partial charge >= 0.3 is 6.09 Å². The number of nitrogens with zero attached hydrogens (tertiary/aromatic N) is 1. The first-order valence-electron chi connectivity index (χ1n) is 6.64. The van der Waals surface area contributed by atoms with Gasteiger partial charge in [-0.3, -0.25) is 4.90 Å². The Morgan fingerprint density at radius 2 is 1.90 bits per heavy atom. The molecular weight excluding hydrogens is 258 g/mol. The van der Waals surface area contributed by atoms with Crippen molar-refractivity contribution in [2.24, 2.45) is 0 Å². The summed E-state index contributed by atoms with van der Waals surface area (Å²) in [5.74, 6) is 1.51. The number of rotatable bonds is 2. The van der Waals surface area contributed by atoms with Crippen molar-refractivity contribution in [2.45, 2.75) is 32.4 Å². The van der Waals surface area contributed by atoms with Crippen LogP contribution >= 0.6 is 0 Å². The molecule has 1 aliphatic heterocycles. The predicted octanol–water partition coefficient (Wildman–Crippen LogP) is 2.78. The number of amides is 1. The van der Waals surface area contributed by atoms with Gasteiger partial charge in [0.1, 0.15) is 11.5 Å². The van der Waals surface area contributed by atoms with Gasteiger partial charge in [-0.05, 0) is 31.9 Å². The van der Waals surface area contributed by atoms with Crippen molar-refractivity contribution < 1.29 is 19.0 Å². The van der Waals surface area contributed by atoms with Gasteiger partial charge in [-0.2, -0.15) is 0 Å². The van der Waals surface area contributed by atoms with E-state index in [2.05, 4.69) is 0 Å². The maximum atomic E-state index is 12.0. The van der Waals surface area contributed by atoms with Crippen LogP contribution in [0.15, 0.2) is 12.1 Å². The second kappa shape index (κ2) is 5.61. The van der Waals surface area contributed by atoms with E-state index >= 15 is 0 Å². The van der Waals surface area contributed by atoms with Crippen LogP contribution in [0.2, 0.25) is 0 Å². The smallest absolute Gasteiger partial charge is 0.410 e. The first-order valence-corrected chi connectivity index (χ1v) is 6.64. The molecule has 1 heterocycles. The normalized spacial score (nSPS) is 21.1. The summed E-state index contributed by atoms with van der Waals surface area (Å²) < 4.78 is 15.7. The third-order valence-electron chi connectivity index (χ3n) is 3.87. The quantitative estimate of drug-likeness (QED) is 0.835. The van der Waals surface area contributed by atoms with Gasteiger partial charge < -0.3 is 14.2 Å². The lowest BCUT2D eigenvalue weighted by Crippen LogP contribution is -2.45. The van der Waals surface area contributed by atoms with Gasteiger partial charge in [-0.15, -0.1) is 0 Å². The number of carbonyl (C=O) groups is 1. The highest BCUT2D eigenvalue weighted by Crippen LogP contribution is 2.41. The maximum absolute atomic E-state index is 12.0. The van der Waals surface area contributed by atoms with Crippen molar-refractivity contribution in [3.63, 3.8) is 0 Å². The number of benzene rings is 1. The van der Waals surface area contributed by atoms with E-state index in [4.69, 9.17) is 14.2 Å². The first kappa shape index (κ1) is 14.5. The number of fused-ring (bicyclic) bond motifs is 1. The molecule has 0 bridgehead atoms. The van der Waals surface area contributed by atoms with E-state index < -0.39 is 0 Å². The minimum absolute atomic E-state index is 0.0711. The third kappa shape index (κ3) is 2.28. The van der Waals surface area contributed by atoms with E-state index in [1.165, 1.54) is 7.11 Å². The molecule has 1 aliphatic rings. The second-order valence-electron chi connectivity index (χ2n) is 5.01. The molecule has 1 aromatic rings. The van der Waals surface area contributed by atoms with Crippen LogP contribution in [0.25, 0.3) is 0 Å². The van der Waals surface area contributed by atoms with Crippen LogP contribution in [0, 0.1) is 0 Å². The SMILES string of the molecule is COC(=O)N1[C@H](C)c2c(cc(OC)cc2OC)C[C@@H]1C. The number of carbonyl (C=O) groups excluding carboxylic acids is 1. The monoisotopic (exact) mass is 279 g/mol. The van der Waals surface area contributed by atoms with Gasteiger partial charge in [0.05, 0.1) is 27.4 Å². The van der Waals surface area contributed by atoms with Crippen molar-refractivity contribution in [3.05, 3.63) is 23.3 Å². The highest BCUT2D eigenvalue weighted by molar-refractivity contribution is 5.70. The summed E-state index contributed by atoms with van der Waals surface area (Å²) in [7, 11) is 4.67. The highest BCUT2D eigenvalue weighted by atomic mass is 16.5. The molecule has 0 spiro atoms. The highest BCUT2D eigenvalue weighted by Gasteiger charge is 2.35. The van der Waals surface area contributed by atoms with Crippen LogP contribution in [0.5, 0.6) is 11.5 Å². The van der Waals surface area contributed by atoms with Gasteiger partial charge in [0.15, 0.2) is 0 Å². The summed E-state index contributed by atoms with van der Waals surface area (Å²) >= 11 is 0. The van der Waals surface area contributed by atoms with Gasteiger partial charge in [0, 0.05) is 17.7 Å². The average Bonchev–Trinajstić information content (AvgIpc) is 2.45. The Morgan fingerprint density at radius 3 is 2.45 bits per heavy atom. The minimum atomic E-state index is -0.312. The maximum Gasteiger partial charge on any atom is 0.410 e. The molecular formula is C15H21NO4. The van der Waals surface area contributed by atoms with Crippen LogP contribution in [0.1, 0.15) is 31.0 Å². The zero-order valence-corrected chi connectivity index (χ0v) is 12.6. The molecule has 0 radical (unpaired) electrons. The Labute approximate surface area is 119 Å². The molecule has 0 aliphatic carbocycles. The fourth-order valence-corrected chi connectivity index (χ4v) is 2.97. The van der Waals surface area contributed by atoms with Gasteiger partial charge in [-0.25, -0.2) is 4.79 Å². The molecule has 0 aromatic heterocycles. The molecule has 0 saturated carbocycles. The first-order chi connectivity index (χ1) is 9.53. The summed E-state index contributed by atoms with van der Waals surface area (Å²) in [4.78, 5) is 13.7. The molecule has 2 atom stereocenters. The van der Waals surface area contributed by atoms with E-state index in [0.29, 0.717) is 0 Å². The van der Waals surface area contributed by atoms with Crippen LogP contribution in [0.3, 0.4) is 0 Å². The molecule has 20 heavy (non-hydrogen) atoms. The molecule has 0 unspecified atom stereocenters. The summed E-state index contributed by atoms with van der Waals surface area (Å²) in [5.41, 5.74) is 2.18. The van der Waals surface area contributed by atoms with Gasteiger partial charge in [-0.1, -0.05) is 0 Å². The van der Waals surface area contributed by atoms with Crippen LogP contribution < -0.4 is 9.47 Å². The average molecular weight is 279 g/mol. The van der Waals surface area contributed by atoms with Crippen molar-refractivity contribution >= 4 is 6.09 Å². The number of methoxy groups -OCH3 is 3. The minimum Gasteiger partial charge on any atom is -0.497 e. The molecule has 1 aromatic carbocycles. The zero-order chi connectivity index (χ0) is 14.9. The van der Waals surface area contributed by atoms with Crippen LogP contribution in [-0.2, 0) is 11.2 Å². The Hall–Kier alpha value is -1.91. The number of hydrogen-bond acceptors (Lipinski definition) is 4. The van der Waals surface area contributed by atoms with E-state index in [0.717, 1.165) is 29.0 Å². The number of ether oxygens (including phenoxy) is 3. The molecule has 0 fully saturated rings. The van der Waals surface area contributed by atoms with E-state index in [1.54, 1.807) is 19.1 Å². The Bertz CT molecular complexity index is 515. The van der Waals surface area contributed by atoms with Gasteiger partial charge in [0.2, 0.25) is 0 Å². The Kier molecular flexibility index (Phi) is 4.06. The predicted molar refractivity (Wildman–Crippen MR) is 75.4 cm³/mol. The van der Waals surface area contributed by atoms with Crippen LogP contribution in [0.4, 0.5) is 4.79 Å². The zero-order valence-electron chi connectivity index (χ0n) is 12.6. The Balaban J connectivity index is 2.51. The largest absolute Gasteiger partial charge is 0.497 e.